The van der Waals surface area contributed by atoms with Gasteiger partial charge in [0, 0.05) is 29.0 Å². The summed E-state index contributed by atoms with van der Waals surface area (Å²) in [4.78, 5) is 25.5. The van der Waals surface area contributed by atoms with Gasteiger partial charge >= 0.3 is 12.0 Å². The fourth-order valence-corrected chi connectivity index (χ4v) is 3.16. The van der Waals surface area contributed by atoms with Crippen molar-refractivity contribution in [3.63, 3.8) is 0 Å². The molecule has 0 radical (unpaired) electrons. The minimum absolute atomic E-state index is 0.0000318. The Morgan fingerprint density at radius 1 is 1.28 bits per heavy atom. The average Bonchev–Trinajstić information content (AvgIpc) is 2.94. The van der Waals surface area contributed by atoms with Crippen molar-refractivity contribution in [1.29, 1.82) is 0 Å². The van der Waals surface area contributed by atoms with E-state index in [0.29, 0.717) is 18.5 Å². The molecular weight excluding hydrogens is 388 g/mol. The molecule has 1 aromatic carbocycles. The normalized spacial score (nSPS) is 13.7. The van der Waals surface area contributed by atoms with Gasteiger partial charge in [-0.15, -0.1) is 0 Å². The van der Waals surface area contributed by atoms with Crippen LogP contribution in [0.2, 0.25) is 0 Å². The lowest BCUT2D eigenvalue weighted by atomic mass is 10.1. The molecule has 0 fully saturated rings. The first-order valence-corrected chi connectivity index (χ1v) is 8.81. The number of halogens is 1. The number of aromatic nitrogens is 2. The number of carboxylic acids is 1. The highest BCUT2D eigenvalue weighted by Crippen LogP contribution is 2.26. The molecule has 1 aliphatic rings. The molecule has 0 bridgehead atoms. The number of amides is 2. The van der Waals surface area contributed by atoms with Crippen molar-refractivity contribution in [3.05, 3.63) is 45.7 Å². The third-order valence-corrected chi connectivity index (χ3v) is 4.56. The van der Waals surface area contributed by atoms with Crippen LogP contribution < -0.4 is 5.32 Å². The van der Waals surface area contributed by atoms with Gasteiger partial charge in [0.15, 0.2) is 5.69 Å². The van der Waals surface area contributed by atoms with E-state index in [1.165, 1.54) is 0 Å². The van der Waals surface area contributed by atoms with Gasteiger partial charge in [0.1, 0.15) is 0 Å². The fraction of sp³-hybridized carbons (Fsp3) is 0.353. The second-order valence-corrected chi connectivity index (χ2v) is 7.16. The van der Waals surface area contributed by atoms with Gasteiger partial charge in [0.05, 0.1) is 17.9 Å². The summed E-state index contributed by atoms with van der Waals surface area (Å²) in [6.45, 7) is 4.54. The van der Waals surface area contributed by atoms with Crippen molar-refractivity contribution >= 4 is 27.9 Å². The number of nitrogens with one attached hydrogen (secondary N) is 1. The second kappa shape index (κ2) is 6.87. The first kappa shape index (κ1) is 17.5. The smallest absolute Gasteiger partial charge is 0.356 e. The van der Waals surface area contributed by atoms with Crippen LogP contribution in [0.4, 0.5) is 4.79 Å². The molecule has 0 saturated carbocycles. The quantitative estimate of drug-likeness (QED) is 0.819. The predicted molar refractivity (Wildman–Crippen MR) is 96.0 cm³/mol. The maximum absolute atomic E-state index is 12.2. The van der Waals surface area contributed by atoms with Gasteiger partial charge in [-0.3, -0.25) is 0 Å². The van der Waals surface area contributed by atoms with Gasteiger partial charge in [0.25, 0.3) is 0 Å². The maximum Gasteiger partial charge on any atom is 0.356 e. The van der Waals surface area contributed by atoms with E-state index < -0.39 is 5.97 Å². The van der Waals surface area contributed by atoms with Crippen molar-refractivity contribution in [3.8, 4) is 5.69 Å². The molecule has 2 aromatic rings. The molecule has 0 spiro atoms. The molecule has 2 amide bonds. The van der Waals surface area contributed by atoms with Crippen LogP contribution in [0.3, 0.4) is 0 Å². The summed E-state index contributed by atoms with van der Waals surface area (Å²) >= 11 is 3.39. The molecule has 0 saturated heterocycles. The van der Waals surface area contributed by atoms with Crippen LogP contribution in [0.5, 0.6) is 0 Å². The lowest BCUT2D eigenvalue weighted by molar-refractivity contribution is 0.0687. The van der Waals surface area contributed by atoms with Crippen molar-refractivity contribution in [2.75, 3.05) is 6.54 Å². The Morgan fingerprint density at radius 2 is 1.96 bits per heavy atom. The van der Waals surface area contributed by atoms with Gasteiger partial charge in [0.2, 0.25) is 0 Å². The van der Waals surface area contributed by atoms with Crippen molar-refractivity contribution in [2.45, 2.75) is 32.9 Å². The van der Waals surface area contributed by atoms with Crippen LogP contribution >= 0.6 is 15.9 Å². The Hall–Kier alpha value is -2.35. The zero-order valence-corrected chi connectivity index (χ0v) is 15.6. The number of fused-ring (bicyclic) bond motifs is 1. The van der Waals surface area contributed by atoms with E-state index in [1.807, 2.05) is 38.1 Å². The highest BCUT2D eigenvalue weighted by Gasteiger charge is 2.30. The molecule has 7 nitrogen and oxygen atoms in total. The minimum Gasteiger partial charge on any atom is -0.476 e. The summed E-state index contributed by atoms with van der Waals surface area (Å²) in [7, 11) is 0. The van der Waals surface area contributed by atoms with Crippen LogP contribution in [-0.4, -0.2) is 44.4 Å². The van der Waals surface area contributed by atoms with E-state index in [2.05, 4.69) is 26.3 Å². The topological polar surface area (TPSA) is 87.5 Å². The number of carboxylic acid groups (broad SMARTS) is 1. The molecule has 2 N–H and O–H groups in total. The third kappa shape index (κ3) is 3.53. The summed E-state index contributed by atoms with van der Waals surface area (Å²) in [5.41, 5.74) is 2.24. The van der Waals surface area contributed by atoms with Gasteiger partial charge in [-0.1, -0.05) is 15.9 Å². The standard InChI is InChI=1S/C17H19BrN4O3/c1-10(2)19-17(25)21-8-7-14-13(9-21)15(16(23)24)20-22(14)12-5-3-11(18)4-6-12/h3-6,10H,7-9H2,1-2H3,(H,19,25)(H,23,24). The summed E-state index contributed by atoms with van der Waals surface area (Å²) in [5.74, 6) is -1.08. The summed E-state index contributed by atoms with van der Waals surface area (Å²) < 4.78 is 2.61. The Balaban J connectivity index is 1.97. The molecule has 1 aromatic heterocycles. The third-order valence-electron chi connectivity index (χ3n) is 4.03. The van der Waals surface area contributed by atoms with E-state index in [1.54, 1.807) is 9.58 Å². The Labute approximate surface area is 153 Å². The first-order chi connectivity index (χ1) is 11.9. The van der Waals surface area contributed by atoms with Crippen LogP contribution in [0.15, 0.2) is 28.7 Å². The van der Waals surface area contributed by atoms with Gasteiger partial charge in [-0.25, -0.2) is 14.3 Å². The van der Waals surface area contributed by atoms with E-state index in [4.69, 9.17) is 0 Å². The number of carbonyl (C=O) groups excluding carboxylic acids is 1. The molecule has 2 heterocycles. The number of hydrogen-bond acceptors (Lipinski definition) is 3. The second-order valence-electron chi connectivity index (χ2n) is 6.24. The SMILES string of the molecule is CC(C)NC(=O)N1CCc2c(c(C(=O)O)nn2-c2ccc(Br)cc2)C1. The van der Waals surface area contributed by atoms with E-state index >= 15 is 0 Å². The Morgan fingerprint density at radius 3 is 2.56 bits per heavy atom. The summed E-state index contributed by atoms with van der Waals surface area (Å²) in [6.07, 6.45) is 0.553. The Kier molecular flexibility index (Phi) is 4.80. The molecule has 25 heavy (non-hydrogen) atoms. The largest absolute Gasteiger partial charge is 0.476 e. The molecule has 0 atom stereocenters. The van der Waals surface area contributed by atoms with Crippen LogP contribution in [0, 0.1) is 0 Å². The molecule has 8 heteroatoms. The van der Waals surface area contributed by atoms with Crippen molar-refractivity contribution < 1.29 is 14.7 Å². The molecule has 1 aliphatic heterocycles. The fourth-order valence-electron chi connectivity index (χ4n) is 2.90. The maximum atomic E-state index is 12.2. The Bertz CT molecular complexity index is 814. The van der Waals surface area contributed by atoms with E-state index in [9.17, 15) is 14.7 Å². The van der Waals surface area contributed by atoms with Crippen LogP contribution in [0.1, 0.15) is 35.6 Å². The number of nitrogens with zero attached hydrogens (tertiary/aromatic N) is 3. The van der Waals surface area contributed by atoms with E-state index in [0.717, 1.165) is 15.9 Å². The lowest BCUT2D eigenvalue weighted by Gasteiger charge is -2.28. The van der Waals surface area contributed by atoms with Gasteiger partial charge in [-0.2, -0.15) is 5.10 Å². The highest BCUT2D eigenvalue weighted by atomic mass is 79.9. The number of carbonyl (C=O) groups is 2. The van der Waals surface area contributed by atoms with Gasteiger partial charge < -0.3 is 15.3 Å². The summed E-state index contributed by atoms with van der Waals surface area (Å²) in [5, 5.41) is 16.6. The minimum atomic E-state index is -1.08. The zero-order chi connectivity index (χ0) is 18.1. The number of hydrogen-bond donors (Lipinski definition) is 2. The summed E-state index contributed by atoms with van der Waals surface area (Å²) in [6, 6.07) is 7.36. The molecular formula is C17H19BrN4O3. The van der Waals surface area contributed by atoms with E-state index in [-0.39, 0.29) is 24.3 Å². The van der Waals surface area contributed by atoms with Gasteiger partial charge in [-0.05, 0) is 38.1 Å². The number of urea groups is 1. The molecule has 0 unspecified atom stereocenters. The monoisotopic (exact) mass is 406 g/mol. The predicted octanol–water partition coefficient (Wildman–Crippen LogP) is 2.81. The van der Waals surface area contributed by atoms with Crippen LogP contribution in [-0.2, 0) is 13.0 Å². The first-order valence-electron chi connectivity index (χ1n) is 8.02. The average molecular weight is 407 g/mol. The number of rotatable bonds is 3. The number of benzene rings is 1. The lowest BCUT2D eigenvalue weighted by Crippen LogP contribution is -2.45. The number of aromatic carboxylic acids is 1. The zero-order valence-electron chi connectivity index (χ0n) is 14.0. The van der Waals surface area contributed by atoms with Crippen molar-refractivity contribution in [2.24, 2.45) is 0 Å². The van der Waals surface area contributed by atoms with Crippen LogP contribution in [0.25, 0.3) is 5.69 Å². The molecule has 0 aliphatic carbocycles. The highest BCUT2D eigenvalue weighted by molar-refractivity contribution is 9.10. The molecule has 132 valence electrons. The molecule has 3 rings (SSSR count). The van der Waals surface area contributed by atoms with Crippen molar-refractivity contribution in [1.82, 2.24) is 20.0 Å².